The van der Waals surface area contributed by atoms with Crippen LogP contribution in [-0.4, -0.2) is 59.3 Å². The minimum Gasteiger partial charge on any atom is -0.493 e. The zero-order valence-corrected chi connectivity index (χ0v) is 16.5. The molecule has 0 radical (unpaired) electrons. The van der Waals surface area contributed by atoms with Gasteiger partial charge in [-0.1, -0.05) is 12.8 Å². The molecule has 26 heavy (non-hydrogen) atoms. The van der Waals surface area contributed by atoms with Gasteiger partial charge in [-0.05, 0) is 25.0 Å². The van der Waals surface area contributed by atoms with Crippen LogP contribution in [0.5, 0.6) is 11.5 Å². The zero-order chi connectivity index (χ0) is 19.2. The van der Waals surface area contributed by atoms with Crippen molar-refractivity contribution in [3.8, 4) is 11.5 Å². The quantitative estimate of drug-likeness (QED) is 0.721. The van der Waals surface area contributed by atoms with Crippen molar-refractivity contribution in [2.24, 2.45) is 0 Å². The highest BCUT2D eigenvalue weighted by Gasteiger charge is 2.22. The Bertz CT molecular complexity index is 712. The smallest absolute Gasteiger partial charge is 0.232 e. The van der Waals surface area contributed by atoms with E-state index >= 15 is 0 Å². The van der Waals surface area contributed by atoms with Crippen molar-refractivity contribution in [1.82, 2.24) is 4.90 Å². The zero-order valence-electron chi connectivity index (χ0n) is 15.7. The first-order chi connectivity index (χ1) is 12.4. The fourth-order valence-corrected chi connectivity index (χ4v) is 4.06. The Labute approximate surface area is 155 Å². The molecular weight excluding hydrogens is 356 g/mol. The second-order valence-electron chi connectivity index (χ2n) is 6.42. The van der Waals surface area contributed by atoms with Crippen LogP contribution in [0.4, 0.5) is 5.69 Å². The Morgan fingerprint density at radius 3 is 2.23 bits per heavy atom. The Morgan fingerprint density at radius 1 is 1.08 bits per heavy atom. The van der Waals surface area contributed by atoms with Gasteiger partial charge in [-0.2, -0.15) is 0 Å². The average molecular weight is 384 g/mol. The molecule has 1 heterocycles. The average Bonchev–Trinajstić information content (AvgIpc) is 2.89. The van der Waals surface area contributed by atoms with Gasteiger partial charge in [0.05, 0.1) is 26.2 Å². The third kappa shape index (κ3) is 5.27. The molecule has 1 aromatic rings. The minimum atomic E-state index is -3.53. The maximum absolute atomic E-state index is 12.5. The van der Waals surface area contributed by atoms with Crippen LogP contribution in [0.1, 0.15) is 32.1 Å². The fraction of sp³-hybridized carbons (Fsp3) is 0.611. The first kappa shape index (κ1) is 20.4. The van der Waals surface area contributed by atoms with E-state index in [2.05, 4.69) is 0 Å². The summed E-state index contributed by atoms with van der Waals surface area (Å²) < 4.78 is 36.2. The summed E-state index contributed by atoms with van der Waals surface area (Å²) in [6.07, 6.45) is 5.60. The fourth-order valence-electron chi connectivity index (χ4n) is 3.14. The number of methoxy groups -OCH3 is 2. The van der Waals surface area contributed by atoms with Crippen molar-refractivity contribution in [2.75, 3.05) is 44.4 Å². The number of amides is 1. The molecule has 7 nitrogen and oxygen atoms in total. The van der Waals surface area contributed by atoms with Crippen LogP contribution >= 0.6 is 0 Å². The van der Waals surface area contributed by atoms with Crippen LogP contribution in [0.2, 0.25) is 0 Å². The SMILES string of the molecule is COc1ccc(N(CCC(=O)N2CCCCCC2)S(C)(=O)=O)cc1OC. The van der Waals surface area contributed by atoms with Crippen molar-refractivity contribution in [2.45, 2.75) is 32.1 Å². The van der Waals surface area contributed by atoms with Crippen LogP contribution in [0.15, 0.2) is 18.2 Å². The molecule has 1 saturated heterocycles. The topological polar surface area (TPSA) is 76.2 Å². The number of hydrogen-bond donors (Lipinski definition) is 0. The minimum absolute atomic E-state index is 0.000951. The van der Waals surface area contributed by atoms with Crippen molar-refractivity contribution in [3.05, 3.63) is 18.2 Å². The van der Waals surface area contributed by atoms with E-state index in [9.17, 15) is 13.2 Å². The van der Waals surface area contributed by atoms with Crippen LogP contribution in [0, 0.1) is 0 Å². The van der Waals surface area contributed by atoms with Gasteiger partial charge in [0, 0.05) is 32.1 Å². The maximum atomic E-state index is 12.5. The molecule has 2 rings (SSSR count). The van der Waals surface area contributed by atoms with Gasteiger partial charge in [0.1, 0.15) is 0 Å². The van der Waals surface area contributed by atoms with Crippen molar-refractivity contribution >= 4 is 21.6 Å². The molecular formula is C18H28N2O5S. The number of likely N-dealkylation sites (tertiary alicyclic amines) is 1. The van der Waals surface area contributed by atoms with Gasteiger partial charge in [-0.3, -0.25) is 9.10 Å². The summed E-state index contributed by atoms with van der Waals surface area (Å²) in [5.74, 6) is 0.962. The van der Waals surface area contributed by atoms with Gasteiger partial charge < -0.3 is 14.4 Å². The largest absolute Gasteiger partial charge is 0.493 e. The van der Waals surface area contributed by atoms with Gasteiger partial charge in [-0.25, -0.2) is 8.42 Å². The number of benzene rings is 1. The van der Waals surface area contributed by atoms with E-state index in [0.29, 0.717) is 17.2 Å². The highest BCUT2D eigenvalue weighted by Crippen LogP contribution is 2.32. The maximum Gasteiger partial charge on any atom is 0.232 e. The van der Waals surface area contributed by atoms with Crippen molar-refractivity contribution in [1.29, 1.82) is 0 Å². The predicted molar refractivity (Wildman–Crippen MR) is 101 cm³/mol. The second kappa shape index (κ2) is 9.12. The van der Waals surface area contributed by atoms with Crippen LogP contribution in [0.3, 0.4) is 0 Å². The Hall–Kier alpha value is -1.96. The van der Waals surface area contributed by atoms with E-state index in [0.717, 1.165) is 45.0 Å². The number of anilines is 1. The molecule has 0 N–H and O–H groups in total. The molecule has 1 aromatic carbocycles. The predicted octanol–water partition coefficient (Wildman–Crippen LogP) is 2.26. The molecule has 0 saturated carbocycles. The van der Waals surface area contributed by atoms with Gasteiger partial charge >= 0.3 is 0 Å². The number of hydrogen-bond acceptors (Lipinski definition) is 5. The summed E-state index contributed by atoms with van der Waals surface area (Å²) in [6, 6.07) is 4.91. The number of ether oxygens (including phenoxy) is 2. The van der Waals surface area contributed by atoms with Crippen molar-refractivity contribution in [3.63, 3.8) is 0 Å². The van der Waals surface area contributed by atoms with Gasteiger partial charge in [-0.15, -0.1) is 0 Å². The molecule has 0 atom stereocenters. The molecule has 0 aliphatic carbocycles. The summed E-state index contributed by atoms with van der Waals surface area (Å²) in [5, 5.41) is 0. The van der Waals surface area contributed by atoms with Gasteiger partial charge in [0.15, 0.2) is 11.5 Å². The molecule has 1 aliphatic heterocycles. The van der Waals surface area contributed by atoms with E-state index in [1.807, 2.05) is 4.90 Å². The summed E-state index contributed by atoms with van der Waals surface area (Å²) in [6.45, 7) is 1.62. The Balaban J connectivity index is 2.14. The summed E-state index contributed by atoms with van der Waals surface area (Å²) >= 11 is 0. The number of carbonyl (C=O) groups is 1. The highest BCUT2D eigenvalue weighted by atomic mass is 32.2. The van der Waals surface area contributed by atoms with E-state index < -0.39 is 10.0 Å². The van der Waals surface area contributed by atoms with Gasteiger partial charge in [0.25, 0.3) is 0 Å². The van der Waals surface area contributed by atoms with Crippen LogP contribution in [-0.2, 0) is 14.8 Å². The summed E-state index contributed by atoms with van der Waals surface area (Å²) in [4.78, 5) is 14.3. The Morgan fingerprint density at radius 2 is 1.69 bits per heavy atom. The molecule has 1 aliphatic rings. The van der Waals surface area contributed by atoms with Crippen molar-refractivity contribution < 1.29 is 22.7 Å². The first-order valence-electron chi connectivity index (χ1n) is 8.84. The van der Waals surface area contributed by atoms with E-state index in [-0.39, 0.29) is 18.9 Å². The molecule has 0 bridgehead atoms. The molecule has 8 heteroatoms. The third-order valence-corrected chi connectivity index (χ3v) is 5.74. The van der Waals surface area contributed by atoms with E-state index in [1.54, 1.807) is 18.2 Å². The van der Waals surface area contributed by atoms with Crippen LogP contribution in [0.25, 0.3) is 0 Å². The normalized spacial score (nSPS) is 15.3. The lowest BCUT2D eigenvalue weighted by atomic mass is 10.2. The van der Waals surface area contributed by atoms with E-state index in [4.69, 9.17) is 9.47 Å². The third-order valence-electron chi connectivity index (χ3n) is 4.54. The summed E-state index contributed by atoms with van der Waals surface area (Å²) in [7, 11) is -0.515. The van der Waals surface area contributed by atoms with Gasteiger partial charge in [0.2, 0.25) is 15.9 Å². The summed E-state index contributed by atoms with van der Waals surface area (Å²) in [5.41, 5.74) is 0.453. The highest BCUT2D eigenvalue weighted by molar-refractivity contribution is 7.92. The number of sulfonamides is 1. The number of nitrogens with zero attached hydrogens (tertiary/aromatic N) is 2. The van der Waals surface area contributed by atoms with E-state index in [1.165, 1.54) is 18.5 Å². The Kier molecular flexibility index (Phi) is 7.14. The lowest BCUT2D eigenvalue weighted by Gasteiger charge is -2.25. The molecule has 1 amide bonds. The molecule has 0 unspecified atom stereocenters. The first-order valence-corrected chi connectivity index (χ1v) is 10.7. The lowest BCUT2D eigenvalue weighted by molar-refractivity contribution is -0.130. The second-order valence-corrected chi connectivity index (χ2v) is 8.33. The van der Waals surface area contributed by atoms with Crippen LogP contribution < -0.4 is 13.8 Å². The molecule has 0 aromatic heterocycles. The number of carbonyl (C=O) groups excluding carboxylic acids is 1. The molecule has 0 spiro atoms. The number of rotatable bonds is 7. The molecule has 1 fully saturated rings. The lowest BCUT2D eigenvalue weighted by Crippen LogP contribution is -2.37. The molecule has 146 valence electrons. The monoisotopic (exact) mass is 384 g/mol. The standard InChI is InChI=1S/C18H28N2O5S/c1-24-16-9-8-15(14-17(16)25-2)20(26(3,22)23)13-10-18(21)19-11-6-4-5-7-12-19/h8-9,14H,4-7,10-13H2,1-3H3.